The van der Waals surface area contributed by atoms with Gasteiger partial charge in [-0.15, -0.1) is 0 Å². The highest BCUT2D eigenvalue weighted by Crippen LogP contribution is 2.45. The van der Waals surface area contributed by atoms with Crippen LogP contribution in [0.3, 0.4) is 0 Å². The van der Waals surface area contributed by atoms with Crippen molar-refractivity contribution in [1.82, 2.24) is 20.0 Å². The van der Waals surface area contributed by atoms with Crippen molar-refractivity contribution in [3.63, 3.8) is 0 Å². The van der Waals surface area contributed by atoms with Crippen molar-refractivity contribution in [2.75, 3.05) is 26.7 Å². The molecule has 3 fully saturated rings. The minimum absolute atomic E-state index is 0.0773. The Labute approximate surface area is 189 Å². The predicted octanol–water partition coefficient (Wildman–Crippen LogP) is 4.12. The molecule has 1 N–H and O–H groups in total. The van der Waals surface area contributed by atoms with E-state index in [2.05, 4.69) is 26.1 Å². The zero-order valence-corrected chi connectivity index (χ0v) is 18.8. The molecule has 0 spiro atoms. The molecule has 1 aromatic carbocycles. The molecule has 6 nitrogen and oxygen atoms in total. The number of para-hydroxylation sites is 1. The summed E-state index contributed by atoms with van der Waals surface area (Å²) in [5, 5.41) is 7.48. The summed E-state index contributed by atoms with van der Waals surface area (Å²) in [6.07, 6.45) is 10.0. The smallest absolute Gasteiger partial charge is 0.272 e. The highest BCUT2D eigenvalue weighted by Gasteiger charge is 2.47. The molecule has 4 atom stereocenters. The molecule has 3 aliphatic heterocycles. The fourth-order valence-corrected chi connectivity index (χ4v) is 6.78. The number of hydrogen-bond acceptors (Lipinski definition) is 4. The van der Waals surface area contributed by atoms with E-state index < -0.39 is 0 Å². The molecule has 4 aliphatic rings. The van der Waals surface area contributed by atoms with Gasteiger partial charge in [0.25, 0.3) is 5.91 Å². The van der Waals surface area contributed by atoms with Gasteiger partial charge in [-0.25, -0.2) is 0 Å². The van der Waals surface area contributed by atoms with Crippen molar-refractivity contribution >= 4 is 5.91 Å². The van der Waals surface area contributed by atoms with Crippen molar-refractivity contribution in [2.24, 2.45) is 11.8 Å². The number of nitrogens with zero attached hydrogens (tertiary/aromatic N) is 3. The fraction of sp³-hybridized carbons (Fsp3) is 0.538. The summed E-state index contributed by atoms with van der Waals surface area (Å²) in [7, 11) is 1.66. The van der Waals surface area contributed by atoms with Gasteiger partial charge in [0.05, 0.1) is 18.8 Å². The maximum absolute atomic E-state index is 13.7. The van der Waals surface area contributed by atoms with E-state index in [4.69, 9.17) is 4.74 Å². The molecule has 1 amide bonds. The third kappa shape index (κ3) is 3.27. The number of benzene rings is 1. The first-order valence-electron chi connectivity index (χ1n) is 12.2. The largest absolute Gasteiger partial charge is 0.496 e. The molecule has 1 aliphatic carbocycles. The van der Waals surface area contributed by atoms with E-state index in [9.17, 15) is 4.79 Å². The number of likely N-dealkylation sites (tertiary alicyclic amines) is 1. The third-order valence-corrected chi connectivity index (χ3v) is 8.11. The van der Waals surface area contributed by atoms with Crippen LogP contribution in [0.5, 0.6) is 5.75 Å². The van der Waals surface area contributed by atoms with Gasteiger partial charge in [0.1, 0.15) is 11.4 Å². The lowest BCUT2D eigenvalue weighted by molar-refractivity contribution is 0.00131. The van der Waals surface area contributed by atoms with Crippen molar-refractivity contribution in [2.45, 2.75) is 50.6 Å². The van der Waals surface area contributed by atoms with Crippen LogP contribution in [0.1, 0.15) is 49.0 Å². The van der Waals surface area contributed by atoms with Crippen LogP contribution in [0.15, 0.2) is 42.0 Å². The van der Waals surface area contributed by atoms with Crippen LogP contribution >= 0.6 is 0 Å². The summed E-state index contributed by atoms with van der Waals surface area (Å²) in [6, 6.07) is 10.7. The number of H-pyrrole nitrogens is 1. The Balaban J connectivity index is 1.28. The minimum Gasteiger partial charge on any atom is -0.496 e. The van der Waals surface area contributed by atoms with Crippen LogP contribution < -0.4 is 4.74 Å². The van der Waals surface area contributed by atoms with Gasteiger partial charge in [0.15, 0.2) is 0 Å². The molecule has 0 saturated carbocycles. The van der Waals surface area contributed by atoms with Crippen LogP contribution in [0.25, 0.3) is 11.3 Å². The molecule has 1 aromatic heterocycles. The molecular formula is C26H32N4O2. The average molecular weight is 433 g/mol. The molecule has 32 heavy (non-hydrogen) atoms. The van der Waals surface area contributed by atoms with Crippen molar-refractivity contribution in [3.8, 4) is 17.0 Å². The number of rotatable bonds is 3. The van der Waals surface area contributed by atoms with Gasteiger partial charge in [0.2, 0.25) is 0 Å². The minimum atomic E-state index is 0.0773. The Bertz CT molecular complexity index is 1040. The number of aromatic nitrogens is 2. The number of carbonyl (C=O) groups excluding carboxylic acids is 1. The van der Waals surface area contributed by atoms with Gasteiger partial charge in [-0.3, -0.25) is 14.8 Å². The second kappa shape index (κ2) is 8.07. The lowest BCUT2D eigenvalue weighted by atomic mass is 9.68. The SMILES string of the molecule is COc1ccccc1-c1cc(C(=O)N2CCCC3=C[C@H]4C[C@@H](CN5CCCCC45)C32)[nH]n1. The number of piperidine rings is 3. The highest BCUT2D eigenvalue weighted by molar-refractivity contribution is 5.94. The number of aromatic amines is 1. The number of amides is 1. The molecule has 3 saturated heterocycles. The average Bonchev–Trinajstić information content (AvgIpc) is 3.33. The van der Waals surface area contributed by atoms with E-state index in [-0.39, 0.29) is 11.9 Å². The molecule has 4 heterocycles. The molecule has 2 unspecified atom stereocenters. The zero-order chi connectivity index (χ0) is 21.7. The molecule has 2 aromatic rings. The Morgan fingerprint density at radius 2 is 2.09 bits per heavy atom. The Kier molecular flexibility index (Phi) is 5.05. The van der Waals surface area contributed by atoms with Gasteiger partial charge >= 0.3 is 0 Å². The summed E-state index contributed by atoms with van der Waals surface area (Å²) in [6.45, 7) is 3.20. The summed E-state index contributed by atoms with van der Waals surface area (Å²) in [4.78, 5) is 18.5. The fourth-order valence-electron chi connectivity index (χ4n) is 6.78. The second-order valence-corrected chi connectivity index (χ2v) is 9.87. The number of methoxy groups -OCH3 is 1. The Morgan fingerprint density at radius 3 is 3.00 bits per heavy atom. The van der Waals surface area contributed by atoms with Crippen LogP contribution in [0, 0.1) is 11.8 Å². The lowest BCUT2D eigenvalue weighted by Crippen LogP contribution is -2.60. The van der Waals surface area contributed by atoms with E-state index in [0.717, 1.165) is 49.0 Å². The number of ether oxygens (including phenoxy) is 1. The maximum atomic E-state index is 13.7. The summed E-state index contributed by atoms with van der Waals surface area (Å²) in [5.41, 5.74) is 3.73. The van der Waals surface area contributed by atoms with Crippen LogP contribution in [-0.4, -0.2) is 64.7 Å². The summed E-state index contributed by atoms with van der Waals surface area (Å²) in [5.74, 6) is 2.07. The second-order valence-electron chi connectivity index (χ2n) is 9.87. The van der Waals surface area contributed by atoms with E-state index in [0.29, 0.717) is 17.5 Å². The number of carbonyl (C=O) groups is 1. The Morgan fingerprint density at radius 1 is 1.19 bits per heavy atom. The van der Waals surface area contributed by atoms with E-state index >= 15 is 0 Å². The van der Waals surface area contributed by atoms with Crippen molar-refractivity contribution < 1.29 is 9.53 Å². The zero-order valence-electron chi connectivity index (χ0n) is 18.8. The Hall–Kier alpha value is -2.60. The number of nitrogens with one attached hydrogen (secondary N) is 1. The summed E-state index contributed by atoms with van der Waals surface area (Å²) < 4.78 is 5.48. The van der Waals surface area contributed by atoms with E-state index in [1.54, 1.807) is 7.11 Å². The lowest BCUT2D eigenvalue weighted by Gasteiger charge is -2.54. The van der Waals surface area contributed by atoms with Gasteiger partial charge in [0, 0.05) is 24.7 Å². The standard InChI is InChI=1S/C26H32N4O2/c1-32-24-10-3-2-8-20(24)21-15-22(28-27-21)26(31)30-12-6-7-17-13-18-14-19(25(17)30)16-29-11-5-4-9-23(18)29/h2-3,8,10,13,15,18-19,23,25H,4-7,9,11-12,14,16H2,1H3,(H,27,28)/t18-,19-,23?,25?/m0/s1. The molecular weight excluding hydrogens is 400 g/mol. The normalized spacial score (nSPS) is 29.7. The third-order valence-electron chi connectivity index (χ3n) is 8.11. The van der Waals surface area contributed by atoms with Gasteiger partial charge < -0.3 is 9.64 Å². The summed E-state index contributed by atoms with van der Waals surface area (Å²) >= 11 is 0. The number of hydrogen-bond donors (Lipinski definition) is 1. The van der Waals surface area contributed by atoms with Crippen LogP contribution in [-0.2, 0) is 0 Å². The number of fused-ring (bicyclic) bond motifs is 6. The monoisotopic (exact) mass is 432 g/mol. The van der Waals surface area contributed by atoms with Gasteiger partial charge in [-0.1, -0.05) is 30.2 Å². The first-order valence-corrected chi connectivity index (χ1v) is 12.2. The molecule has 0 radical (unpaired) electrons. The van der Waals surface area contributed by atoms with E-state index in [1.807, 2.05) is 30.3 Å². The van der Waals surface area contributed by atoms with Crippen LogP contribution in [0.4, 0.5) is 0 Å². The predicted molar refractivity (Wildman–Crippen MR) is 124 cm³/mol. The van der Waals surface area contributed by atoms with Crippen molar-refractivity contribution in [3.05, 3.63) is 47.7 Å². The van der Waals surface area contributed by atoms with Crippen LogP contribution in [0.2, 0.25) is 0 Å². The van der Waals surface area contributed by atoms with Crippen molar-refractivity contribution in [1.29, 1.82) is 0 Å². The van der Waals surface area contributed by atoms with Gasteiger partial charge in [-0.2, -0.15) is 5.10 Å². The first-order chi connectivity index (χ1) is 15.7. The molecule has 6 heteroatoms. The molecule has 2 bridgehead atoms. The molecule has 6 rings (SSSR count). The highest BCUT2D eigenvalue weighted by atomic mass is 16.5. The van der Waals surface area contributed by atoms with Gasteiger partial charge in [-0.05, 0) is 68.7 Å². The quantitative estimate of drug-likeness (QED) is 0.741. The first kappa shape index (κ1) is 20.0. The molecule has 168 valence electrons. The van der Waals surface area contributed by atoms with E-state index in [1.165, 1.54) is 37.8 Å². The topological polar surface area (TPSA) is 61.5 Å². The maximum Gasteiger partial charge on any atom is 0.272 e.